The molecule has 0 fully saturated rings. The van der Waals surface area contributed by atoms with Crippen LogP contribution >= 0.6 is 12.4 Å². The van der Waals surface area contributed by atoms with Gasteiger partial charge in [0.1, 0.15) is 11.5 Å². The quantitative estimate of drug-likeness (QED) is 0.845. The monoisotopic (exact) mass is 289 g/mol. The summed E-state index contributed by atoms with van der Waals surface area (Å²) < 4.78 is 10.4. The van der Waals surface area contributed by atoms with E-state index in [1.54, 1.807) is 20.3 Å². The van der Waals surface area contributed by atoms with E-state index in [0.717, 1.165) is 5.56 Å². The Morgan fingerprint density at radius 2 is 1.58 bits per heavy atom. The zero-order valence-electron chi connectivity index (χ0n) is 11.9. The third-order valence-electron chi connectivity index (χ3n) is 2.89. The maximum absolute atomic E-state index is 10.1. The van der Waals surface area contributed by atoms with Crippen LogP contribution < -0.4 is 15.2 Å². The topological polar surface area (TPSA) is 64.7 Å². The largest absolute Gasteiger partial charge is 0.497 e. The van der Waals surface area contributed by atoms with Crippen molar-refractivity contribution >= 4 is 12.4 Å². The van der Waals surface area contributed by atoms with Crippen molar-refractivity contribution in [2.24, 2.45) is 11.7 Å². The van der Waals surface area contributed by atoms with Gasteiger partial charge in [0.2, 0.25) is 0 Å². The standard InChI is InChI=1S/C14H23NO3.ClH/c1-9(2)5-13(16)14(15)10-6-11(17-3)8-12(7-10)18-4;/h6-9,13-14,16H,5,15H2,1-4H3;1H/t13-,14+;/m0./s1. The van der Waals surface area contributed by atoms with Crippen LogP contribution in [0.2, 0.25) is 0 Å². The minimum Gasteiger partial charge on any atom is -0.497 e. The SMILES string of the molecule is COc1cc(OC)cc([C@@H](N)[C@@H](O)CC(C)C)c1.Cl. The van der Waals surface area contributed by atoms with Gasteiger partial charge in [-0.3, -0.25) is 0 Å². The van der Waals surface area contributed by atoms with Crippen molar-refractivity contribution in [3.05, 3.63) is 23.8 Å². The first-order chi connectivity index (χ1) is 8.47. The van der Waals surface area contributed by atoms with Gasteiger partial charge in [-0.1, -0.05) is 13.8 Å². The van der Waals surface area contributed by atoms with Gasteiger partial charge in [-0.05, 0) is 30.0 Å². The fourth-order valence-corrected chi connectivity index (χ4v) is 1.87. The number of benzene rings is 1. The number of halogens is 1. The van der Waals surface area contributed by atoms with Gasteiger partial charge in [-0.15, -0.1) is 12.4 Å². The summed E-state index contributed by atoms with van der Waals surface area (Å²) in [6, 6.07) is 5.01. The highest BCUT2D eigenvalue weighted by Crippen LogP contribution is 2.28. The molecule has 0 amide bonds. The number of methoxy groups -OCH3 is 2. The summed E-state index contributed by atoms with van der Waals surface area (Å²) in [5.74, 6) is 1.76. The van der Waals surface area contributed by atoms with Gasteiger partial charge in [0.15, 0.2) is 0 Å². The lowest BCUT2D eigenvalue weighted by molar-refractivity contribution is 0.121. The molecule has 4 nitrogen and oxygen atoms in total. The molecule has 0 saturated heterocycles. The summed E-state index contributed by atoms with van der Waals surface area (Å²) in [5, 5.41) is 10.1. The Hall–Kier alpha value is -0.970. The molecule has 0 heterocycles. The minimum atomic E-state index is -0.568. The second-order valence-corrected chi connectivity index (χ2v) is 4.87. The molecule has 0 aromatic heterocycles. The van der Waals surface area contributed by atoms with Crippen LogP contribution in [-0.4, -0.2) is 25.4 Å². The molecule has 110 valence electrons. The number of rotatable bonds is 6. The molecule has 0 bridgehead atoms. The van der Waals surface area contributed by atoms with Gasteiger partial charge in [0.25, 0.3) is 0 Å². The van der Waals surface area contributed by atoms with Gasteiger partial charge < -0.3 is 20.3 Å². The van der Waals surface area contributed by atoms with Crippen LogP contribution in [0.4, 0.5) is 0 Å². The van der Waals surface area contributed by atoms with Crippen LogP contribution in [0.3, 0.4) is 0 Å². The van der Waals surface area contributed by atoms with E-state index in [2.05, 4.69) is 13.8 Å². The highest BCUT2D eigenvalue weighted by molar-refractivity contribution is 5.85. The molecule has 5 heteroatoms. The Bertz CT molecular complexity index is 363. The summed E-state index contributed by atoms with van der Waals surface area (Å²) in [6.45, 7) is 4.12. The second-order valence-electron chi connectivity index (χ2n) is 4.87. The molecule has 0 saturated carbocycles. The van der Waals surface area contributed by atoms with E-state index in [1.807, 2.05) is 12.1 Å². The molecular formula is C14H24ClNO3. The average molecular weight is 290 g/mol. The minimum absolute atomic E-state index is 0. The molecule has 0 radical (unpaired) electrons. The average Bonchev–Trinajstić information content (AvgIpc) is 2.36. The van der Waals surface area contributed by atoms with Gasteiger partial charge in [0, 0.05) is 6.07 Å². The second kappa shape index (κ2) is 8.25. The maximum Gasteiger partial charge on any atom is 0.122 e. The summed E-state index contributed by atoms with van der Waals surface area (Å²) in [6.07, 6.45) is 0.0996. The molecular weight excluding hydrogens is 266 g/mol. The fourth-order valence-electron chi connectivity index (χ4n) is 1.87. The molecule has 1 aromatic rings. The van der Waals surface area contributed by atoms with E-state index in [4.69, 9.17) is 15.2 Å². The normalized spacial score (nSPS) is 13.6. The summed E-state index contributed by atoms with van der Waals surface area (Å²) in [7, 11) is 3.18. The van der Waals surface area contributed by atoms with Crippen molar-refractivity contribution in [3.63, 3.8) is 0 Å². The maximum atomic E-state index is 10.1. The van der Waals surface area contributed by atoms with Gasteiger partial charge in [-0.25, -0.2) is 0 Å². The van der Waals surface area contributed by atoms with Crippen molar-refractivity contribution in [2.45, 2.75) is 32.4 Å². The lowest BCUT2D eigenvalue weighted by atomic mass is 9.95. The smallest absolute Gasteiger partial charge is 0.122 e. The highest BCUT2D eigenvalue weighted by atomic mass is 35.5. The van der Waals surface area contributed by atoms with Crippen molar-refractivity contribution in [1.82, 2.24) is 0 Å². The van der Waals surface area contributed by atoms with Crippen LogP contribution in [0, 0.1) is 5.92 Å². The first kappa shape index (κ1) is 18.0. The summed E-state index contributed by atoms with van der Waals surface area (Å²) in [5.41, 5.74) is 6.89. The van der Waals surface area contributed by atoms with Crippen molar-refractivity contribution in [1.29, 1.82) is 0 Å². The van der Waals surface area contributed by atoms with Crippen LogP contribution in [0.15, 0.2) is 18.2 Å². The van der Waals surface area contributed by atoms with Crippen molar-refractivity contribution in [3.8, 4) is 11.5 Å². The lowest BCUT2D eigenvalue weighted by Gasteiger charge is -2.21. The number of hydrogen-bond acceptors (Lipinski definition) is 4. The van der Waals surface area contributed by atoms with Crippen molar-refractivity contribution in [2.75, 3.05) is 14.2 Å². The molecule has 0 spiro atoms. The molecule has 0 aliphatic heterocycles. The number of ether oxygens (including phenoxy) is 2. The first-order valence-corrected chi connectivity index (χ1v) is 6.14. The predicted octanol–water partition coefficient (Wildman–Crippen LogP) is 2.53. The van der Waals surface area contributed by atoms with Crippen LogP contribution in [0.1, 0.15) is 31.9 Å². The van der Waals surface area contributed by atoms with E-state index < -0.39 is 12.1 Å². The van der Waals surface area contributed by atoms with Crippen LogP contribution in [0.5, 0.6) is 11.5 Å². The zero-order chi connectivity index (χ0) is 13.7. The van der Waals surface area contributed by atoms with Crippen molar-refractivity contribution < 1.29 is 14.6 Å². The Labute approximate surface area is 121 Å². The van der Waals surface area contributed by atoms with E-state index >= 15 is 0 Å². The Morgan fingerprint density at radius 3 is 1.95 bits per heavy atom. The predicted molar refractivity (Wildman–Crippen MR) is 79.2 cm³/mol. The number of nitrogens with two attached hydrogens (primary N) is 1. The Morgan fingerprint density at radius 1 is 1.11 bits per heavy atom. The molecule has 1 rings (SSSR count). The summed E-state index contributed by atoms with van der Waals surface area (Å²) >= 11 is 0. The molecule has 2 atom stereocenters. The van der Waals surface area contributed by atoms with E-state index in [1.165, 1.54) is 0 Å². The number of hydrogen-bond donors (Lipinski definition) is 2. The third-order valence-corrected chi connectivity index (χ3v) is 2.89. The van der Waals surface area contributed by atoms with E-state index in [9.17, 15) is 5.11 Å². The number of aliphatic hydroxyl groups is 1. The number of aliphatic hydroxyl groups excluding tert-OH is 1. The molecule has 0 aliphatic carbocycles. The highest BCUT2D eigenvalue weighted by Gasteiger charge is 2.19. The van der Waals surface area contributed by atoms with E-state index in [0.29, 0.717) is 23.8 Å². The molecule has 0 aliphatic rings. The molecule has 1 aromatic carbocycles. The molecule has 3 N–H and O–H groups in total. The summed E-state index contributed by atoms with van der Waals surface area (Å²) in [4.78, 5) is 0. The lowest BCUT2D eigenvalue weighted by Crippen LogP contribution is -2.27. The Balaban J connectivity index is 0.00000324. The molecule has 0 unspecified atom stereocenters. The van der Waals surface area contributed by atoms with Crippen LogP contribution in [0.25, 0.3) is 0 Å². The Kier molecular flexibility index (Phi) is 7.83. The van der Waals surface area contributed by atoms with E-state index in [-0.39, 0.29) is 12.4 Å². The fraction of sp³-hybridized carbons (Fsp3) is 0.571. The third kappa shape index (κ3) is 5.27. The van der Waals surface area contributed by atoms with Gasteiger partial charge >= 0.3 is 0 Å². The van der Waals surface area contributed by atoms with Crippen LogP contribution in [-0.2, 0) is 0 Å². The van der Waals surface area contributed by atoms with Gasteiger partial charge in [-0.2, -0.15) is 0 Å². The molecule has 19 heavy (non-hydrogen) atoms. The zero-order valence-corrected chi connectivity index (χ0v) is 12.7. The van der Waals surface area contributed by atoms with Gasteiger partial charge in [0.05, 0.1) is 26.4 Å². The first-order valence-electron chi connectivity index (χ1n) is 6.14.